The maximum atomic E-state index is 12.1. The van der Waals surface area contributed by atoms with E-state index in [0.29, 0.717) is 18.1 Å². The fourth-order valence-corrected chi connectivity index (χ4v) is 3.99. The number of nitrogens with zero attached hydrogens (tertiary/aromatic N) is 1. The summed E-state index contributed by atoms with van der Waals surface area (Å²) in [6.07, 6.45) is 3.13. The van der Waals surface area contributed by atoms with Crippen molar-refractivity contribution < 1.29 is 4.79 Å². The Labute approximate surface area is 133 Å². The molecule has 3 rings (SSSR count). The van der Waals surface area contributed by atoms with Crippen molar-refractivity contribution in [1.82, 2.24) is 15.5 Å². The molecule has 2 aliphatic rings. The van der Waals surface area contributed by atoms with Crippen molar-refractivity contribution in [2.75, 3.05) is 13.6 Å². The van der Waals surface area contributed by atoms with Gasteiger partial charge in [0.1, 0.15) is 0 Å². The van der Waals surface area contributed by atoms with E-state index in [1.807, 2.05) is 0 Å². The van der Waals surface area contributed by atoms with Gasteiger partial charge >= 0.3 is 0 Å². The van der Waals surface area contributed by atoms with Gasteiger partial charge in [-0.1, -0.05) is 24.3 Å². The van der Waals surface area contributed by atoms with Gasteiger partial charge in [-0.15, -0.1) is 0 Å². The van der Waals surface area contributed by atoms with E-state index in [2.05, 4.69) is 53.6 Å². The summed E-state index contributed by atoms with van der Waals surface area (Å²) in [4.78, 5) is 14.4. The highest BCUT2D eigenvalue weighted by Crippen LogP contribution is 2.25. The maximum Gasteiger partial charge on any atom is 0.237 e. The van der Waals surface area contributed by atoms with Crippen LogP contribution in [-0.4, -0.2) is 48.6 Å². The van der Waals surface area contributed by atoms with Crippen molar-refractivity contribution in [3.05, 3.63) is 35.4 Å². The van der Waals surface area contributed by atoms with E-state index >= 15 is 0 Å². The monoisotopic (exact) mass is 301 g/mol. The smallest absolute Gasteiger partial charge is 0.237 e. The third-order valence-corrected chi connectivity index (χ3v) is 5.07. The maximum absolute atomic E-state index is 12.1. The highest BCUT2D eigenvalue weighted by molar-refractivity contribution is 5.81. The molecule has 0 spiro atoms. The van der Waals surface area contributed by atoms with Crippen LogP contribution in [-0.2, 0) is 17.6 Å². The Kier molecular flexibility index (Phi) is 4.50. The first-order valence-electron chi connectivity index (χ1n) is 8.38. The number of hydrogen-bond acceptors (Lipinski definition) is 3. The molecule has 0 bridgehead atoms. The number of fused-ring (bicyclic) bond motifs is 1. The predicted octanol–water partition coefficient (Wildman–Crippen LogP) is 1.34. The standard InChI is InChI=1S/C18H27N3O/c1-12(2)21-11-16(10-17(21)18(22)19-3)20-15-8-13-6-4-5-7-14(13)9-15/h4-7,12,15-17,20H,8-11H2,1-3H3,(H,19,22)/t16-,17+/m1/s1. The number of rotatable bonds is 4. The van der Waals surface area contributed by atoms with Gasteiger partial charge in [-0.25, -0.2) is 0 Å². The lowest BCUT2D eigenvalue weighted by Crippen LogP contribution is -2.45. The van der Waals surface area contributed by atoms with Gasteiger partial charge in [0.05, 0.1) is 6.04 Å². The highest BCUT2D eigenvalue weighted by Gasteiger charge is 2.38. The van der Waals surface area contributed by atoms with E-state index in [0.717, 1.165) is 25.8 Å². The Morgan fingerprint density at radius 1 is 1.18 bits per heavy atom. The molecular weight excluding hydrogens is 274 g/mol. The zero-order chi connectivity index (χ0) is 15.7. The molecule has 1 fully saturated rings. The lowest BCUT2D eigenvalue weighted by Gasteiger charge is -2.26. The second-order valence-corrected chi connectivity index (χ2v) is 6.89. The number of likely N-dealkylation sites (tertiary alicyclic amines) is 1. The van der Waals surface area contributed by atoms with Crippen LogP contribution in [0.15, 0.2) is 24.3 Å². The number of hydrogen-bond donors (Lipinski definition) is 2. The fourth-order valence-electron chi connectivity index (χ4n) is 3.99. The van der Waals surface area contributed by atoms with Crippen LogP contribution < -0.4 is 10.6 Å². The summed E-state index contributed by atoms with van der Waals surface area (Å²) in [7, 11) is 1.73. The average Bonchev–Trinajstić information content (AvgIpc) is 3.10. The van der Waals surface area contributed by atoms with Crippen LogP contribution in [0.2, 0.25) is 0 Å². The van der Waals surface area contributed by atoms with Gasteiger partial charge in [-0.2, -0.15) is 0 Å². The molecule has 0 unspecified atom stereocenters. The summed E-state index contributed by atoms with van der Waals surface area (Å²) >= 11 is 0. The lowest BCUT2D eigenvalue weighted by molar-refractivity contribution is -0.125. The van der Waals surface area contributed by atoms with Crippen LogP contribution in [0.3, 0.4) is 0 Å². The first-order chi connectivity index (χ1) is 10.6. The van der Waals surface area contributed by atoms with Gasteiger partial charge < -0.3 is 10.6 Å². The molecule has 1 amide bonds. The minimum Gasteiger partial charge on any atom is -0.358 e. The van der Waals surface area contributed by atoms with Crippen molar-refractivity contribution in [3.8, 4) is 0 Å². The fraction of sp³-hybridized carbons (Fsp3) is 0.611. The number of amides is 1. The second-order valence-electron chi connectivity index (χ2n) is 6.89. The van der Waals surface area contributed by atoms with Crippen molar-refractivity contribution in [3.63, 3.8) is 0 Å². The van der Waals surface area contributed by atoms with Crippen LogP contribution in [0.4, 0.5) is 0 Å². The van der Waals surface area contributed by atoms with Gasteiger partial charge in [0.15, 0.2) is 0 Å². The Bertz CT molecular complexity index is 518. The van der Waals surface area contributed by atoms with Gasteiger partial charge in [-0.3, -0.25) is 9.69 Å². The van der Waals surface area contributed by atoms with Crippen molar-refractivity contribution in [2.45, 2.75) is 57.3 Å². The molecule has 4 nitrogen and oxygen atoms in total. The van der Waals surface area contributed by atoms with E-state index in [4.69, 9.17) is 0 Å². The molecule has 1 heterocycles. The molecule has 1 aromatic carbocycles. The van der Waals surface area contributed by atoms with E-state index < -0.39 is 0 Å². The van der Waals surface area contributed by atoms with Crippen LogP contribution >= 0.6 is 0 Å². The molecule has 4 heteroatoms. The van der Waals surface area contributed by atoms with Gasteiger partial charge in [0.25, 0.3) is 0 Å². The van der Waals surface area contributed by atoms with E-state index in [1.165, 1.54) is 11.1 Å². The topological polar surface area (TPSA) is 44.4 Å². The van der Waals surface area contributed by atoms with Crippen LogP contribution in [0.25, 0.3) is 0 Å². The molecule has 1 aliphatic carbocycles. The third kappa shape index (κ3) is 3.03. The van der Waals surface area contributed by atoms with Gasteiger partial charge in [0.2, 0.25) is 5.91 Å². The average molecular weight is 301 g/mol. The first-order valence-corrected chi connectivity index (χ1v) is 8.38. The van der Waals surface area contributed by atoms with Crippen molar-refractivity contribution in [1.29, 1.82) is 0 Å². The molecule has 120 valence electrons. The predicted molar refractivity (Wildman–Crippen MR) is 88.9 cm³/mol. The number of nitrogens with one attached hydrogen (secondary N) is 2. The van der Waals surface area contributed by atoms with Crippen molar-refractivity contribution in [2.24, 2.45) is 0 Å². The molecule has 1 aliphatic heterocycles. The minimum absolute atomic E-state index is 0.00581. The second kappa shape index (κ2) is 6.39. The minimum atomic E-state index is 0.00581. The SMILES string of the molecule is CNC(=O)[C@@H]1C[C@@H](NC2Cc3ccccc3C2)CN1C(C)C. The zero-order valence-corrected chi connectivity index (χ0v) is 13.8. The summed E-state index contributed by atoms with van der Waals surface area (Å²) in [5.41, 5.74) is 2.95. The Hall–Kier alpha value is -1.39. The number of carbonyl (C=O) groups excluding carboxylic acids is 1. The molecule has 1 saturated heterocycles. The molecule has 2 N–H and O–H groups in total. The zero-order valence-electron chi connectivity index (χ0n) is 13.8. The Morgan fingerprint density at radius 3 is 2.36 bits per heavy atom. The summed E-state index contributed by atoms with van der Waals surface area (Å²) in [5, 5.41) is 6.61. The molecule has 0 aromatic heterocycles. The van der Waals surface area contributed by atoms with E-state index in [1.54, 1.807) is 7.05 Å². The van der Waals surface area contributed by atoms with Crippen LogP contribution in [0.5, 0.6) is 0 Å². The number of benzene rings is 1. The lowest BCUT2D eigenvalue weighted by atomic mass is 10.1. The third-order valence-electron chi connectivity index (χ3n) is 5.07. The molecule has 2 atom stereocenters. The molecule has 0 radical (unpaired) electrons. The molecule has 22 heavy (non-hydrogen) atoms. The summed E-state index contributed by atoms with van der Waals surface area (Å²) < 4.78 is 0. The summed E-state index contributed by atoms with van der Waals surface area (Å²) in [6, 6.07) is 10.0. The number of likely N-dealkylation sites (N-methyl/N-ethyl adjacent to an activating group) is 1. The number of carbonyl (C=O) groups is 1. The Morgan fingerprint density at radius 2 is 1.82 bits per heavy atom. The van der Waals surface area contributed by atoms with Gasteiger partial charge in [0, 0.05) is 31.7 Å². The Balaban J connectivity index is 1.62. The van der Waals surface area contributed by atoms with E-state index in [9.17, 15) is 4.79 Å². The first kappa shape index (κ1) is 15.5. The van der Waals surface area contributed by atoms with Crippen molar-refractivity contribution >= 4 is 5.91 Å². The molecule has 0 saturated carbocycles. The summed E-state index contributed by atoms with van der Waals surface area (Å²) in [6.45, 7) is 5.30. The molecule has 1 aromatic rings. The van der Waals surface area contributed by atoms with E-state index in [-0.39, 0.29) is 11.9 Å². The normalized spacial score (nSPS) is 25.6. The van der Waals surface area contributed by atoms with Gasteiger partial charge in [-0.05, 0) is 44.2 Å². The highest BCUT2D eigenvalue weighted by atomic mass is 16.2. The molecular formula is C18H27N3O. The summed E-state index contributed by atoms with van der Waals surface area (Å²) in [5.74, 6) is 0.146. The van der Waals surface area contributed by atoms with Crippen LogP contribution in [0, 0.1) is 0 Å². The quantitative estimate of drug-likeness (QED) is 0.882. The van der Waals surface area contributed by atoms with Crippen LogP contribution in [0.1, 0.15) is 31.4 Å². The largest absolute Gasteiger partial charge is 0.358 e.